The van der Waals surface area contributed by atoms with E-state index in [1.807, 2.05) is 0 Å². The van der Waals surface area contributed by atoms with Crippen molar-refractivity contribution in [2.24, 2.45) is 5.92 Å². The van der Waals surface area contributed by atoms with Crippen LogP contribution in [-0.4, -0.2) is 37.4 Å². The quantitative estimate of drug-likeness (QED) is 0.860. The molecule has 1 atom stereocenters. The molecule has 1 unspecified atom stereocenters. The van der Waals surface area contributed by atoms with Crippen LogP contribution in [0.25, 0.3) is 0 Å². The number of aliphatic hydroxyl groups is 1. The van der Waals surface area contributed by atoms with E-state index in [1.54, 1.807) is 29.2 Å². The molecule has 6 nitrogen and oxygen atoms in total. The van der Waals surface area contributed by atoms with E-state index in [4.69, 9.17) is 5.11 Å². The van der Waals surface area contributed by atoms with Crippen molar-refractivity contribution in [1.29, 1.82) is 0 Å². The SMILES string of the molecule is COC(=O)Nc1cccc(N2CC(CO)CC2=O)c1. The first-order valence-electron chi connectivity index (χ1n) is 6.00. The Bertz CT molecular complexity index is 489. The average Bonchev–Trinajstić information content (AvgIpc) is 2.80. The molecule has 1 aliphatic heterocycles. The molecule has 102 valence electrons. The van der Waals surface area contributed by atoms with Crippen molar-refractivity contribution in [2.75, 3.05) is 30.5 Å². The largest absolute Gasteiger partial charge is 0.453 e. The minimum absolute atomic E-state index is 0.00232. The van der Waals surface area contributed by atoms with Gasteiger partial charge in [-0.25, -0.2) is 4.79 Å². The number of hydrogen-bond donors (Lipinski definition) is 2. The summed E-state index contributed by atoms with van der Waals surface area (Å²) in [6.45, 7) is 0.499. The molecule has 0 aliphatic carbocycles. The van der Waals surface area contributed by atoms with Gasteiger partial charge in [-0.3, -0.25) is 10.1 Å². The number of methoxy groups -OCH3 is 1. The summed E-state index contributed by atoms with van der Waals surface area (Å²) in [5, 5.41) is 11.6. The first kappa shape index (κ1) is 13.4. The molecule has 6 heteroatoms. The molecular weight excluding hydrogens is 248 g/mol. The molecule has 0 saturated carbocycles. The number of rotatable bonds is 3. The molecule has 0 spiro atoms. The highest BCUT2D eigenvalue weighted by atomic mass is 16.5. The van der Waals surface area contributed by atoms with Crippen LogP contribution < -0.4 is 10.2 Å². The van der Waals surface area contributed by atoms with Crippen LogP contribution in [0, 0.1) is 5.92 Å². The molecule has 0 radical (unpaired) electrons. The van der Waals surface area contributed by atoms with E-state index < -0.39 is 6.09 Å². The summed E-state index contributed by atoms with van der Waals surface area (Å²) in [6, 6.07) is 6.96. The lowest BCUT2D eigenvalue weighted by molar-refractivity contribution is -0.117. The molecular formula is C13H16N2O4. The minimum Gasteiger partial charge on any atom is -0.453 e. The van der Waals surface area contributed by atoms with Gasteiger partial charge in [0.25, 0.3) is 0 Å². The predicted molar refractivity (Wildman–Crippen MR) is 70.0 cm³/mol. The van der Waals surface area contributed by atoms with Gasteiger partial charge in [-0.15, -0.1) is 0 Å². The number of carbonyl (C=O) groups is 2. The summed E-state index contributed by atoms with van der Waals surface area (Å²) in [4.78, 5) is 24.6. The highest BCUT2D eigenvalue weighted by molar-refractivity contribution is 5.96. The lowest BCUT2D eigenvalue weighted by Gasteiger charge is -2.17. The van der Waals surface area contributed by atoms with Gasteiger partial charge >= 0.3 is 6.09 Å². The summed E-state index contributed by atoms with van der Waals surface area (Å²) in [6.07, 6.45) is -0.205. The van der Waals surface area contributed by atoms with Crippen LogP contribution in [0.15, 0.2) is 24.3 Å². The second-order valence-corrected chi connectivity index (χ2v) is 4.42. The Morgan fingerprint density at radius 2 is 2.37 bits per heavy atom. The fraction of sp³-hybridized carbons (Fsp3) is 0.385. The first-order chi connectivity index (χ1) is 9.13. The summed E-state index contributed by atoms with van der Waals surface area (Å²) in [5.74, 6) is -0.0426. The number of anilines is 2. The molecule has 1 heterocycles. The Hall–Kier alpha value is -2.08. The molecule has 2 N–H and O–H groups in total. The van der Waals surface area contributed by atoms with Crippen molar-refractivity contribution in [3.63, 3.8) is 0 Å². The van der Waals surface area contributed by atoms with E-state index in [0.717, 1.165) is 0 Å². The maximum Gasteiger partial charge on any atom is 0.411 e. The van der Waals surface area contributed by atoms with Gasteiger partial charge in [0, 0.05) is 36.9 Å². The second kappa shape index (κ2) is 5.71. The van der Waals surface area contributed by atoms with E-state index in [2.05, 4.69) is 10.1 Å². The number of carbonyl (C=O) groups excluding carboxylic acids is 2. The van der Waals surface area contributed by atoms with Gasteiger partial charge < -0.3 is 14.7 Å². The lowest BCUT2D eigenvalue weighted by Crippen LogP contribution is -2.25. The molecule has 1 saturated heterocycles. The second-order valence-electron chi connectivity index (χ2n) is 4.42. The molecule has 1 aromatic rings. The van der Waals surface area contributed by atoms with Crippen LogP contribution in [0.5, 0.6) is 0 Å². The number of hydrogen-bond acceptors (Lipinski definition) is 4. The standard InChI is InChI=1S/C13H16N2O4/c1-19-13(18)14-10-3-2-4-11(6-10)15-7-9(8-16)5-12(15)17/h2-4,6,9,16H,5,7-8H2,1H3,(H,14,18). The Balaban J connectivity index is 2.15. The van der Waals surface area contributed by atoms with E-state index in [9.17, 15) is 9.59 Å². The molecule has 1 aromatic carbocycles. The van der Waals surface area contributed by atoms with Crippen LogP contribution >= 0.6 is 0 Å². The first-order valence-corrected chi connectivity index (χ1v) is 6.00. The molecule has 0 bridgehead atoms. The van der Waals surface area contributed by atoms with Crippen LogP contribution in [0.3, 0.4) is 0 Å². The van der Waals surface area contributed by atoms with E-state index >= 15 is 0 Å². The van der Waals surface area contributed by atoms with Crippen molar-refractivity contribution < 1.29 is 19.4 Å². The Morgan fingerprint density at radius 3 is 3.00 bits per heavy atom. The van der Waals surface area contributed by atoms with Crippen molar-refractivity contribution in [3.05, 3.63) is 24.3 Å². The molecule has 2 rings (SSSR count). The van der Waals surface area contributed by atoms with Crippen molar-refractivity contribution in [3.8, 4) is 0 Å². The van der Waals surface area contributed by atoms with Gasteiger partial charge in [-0.2, -0.15) is 0 Å². The van der Waals surface area contributed by atoms with Crippen LogP contribution in [0.4, 0.5) is 16.2 Å². The monoisotopic (exact) mass is 264 g/mol. The van der Waals surface area contributed by atoms with E-state index in [1.165, 1.54) is 7.11 Å². The zero-order valence-electron chi connectivity index (χ0n) is 10.6. The topological polar surface area (TPSA) is 78.9 Å². The van der Waals surface area contributed by atoms with Crippen LogP contribution in [0.2, 0.25) is 0 Å². The minimum atomic E-state index is -0.557. The third-order valence-corrected chi connectivity index (χ3v) is 3.05. The number of nitrogens with zero attached hydrogens (tertiary/aromatic N) is 1. The predicted octanol–water partition coefficient (Wildman–Crippen LogP) is 1.21. The molecule has 19 heavy (non-hydrogen) atoms. The van der Waals surface area contributed by atoms with Gasteiger partial charge in [0.15, 0.2) is 0 Å². The van der Waals surface area contributed by atoms with Crippen LogP contribution in [-0.2, 0) is 9.53 Å². The summed E-state index contributed by atoms with van der Waals surface area (Å²) < 4.78 is 4.51. The van der Waals surface area contributed by atoms with Crippen molar-refractivity contribution in [2.45, 2.75) is 6.42 Å². The third-order valence-electron chi connectivity index (χ3n) is 3.05. The zero-order chi connectivity index (χ0) is 13.8. The smallest absolute Gasteiger partial charge is 0.411 e. The van der Waals surface area contributed by atoms with Crippen molar-refractivity contribution in [1.82, 2.24) is 0 Å². The van der Waals surface area contributed by atoms with Gasteiger partial charge in [-0.05, 0) is 18.2 Å². The summed E-state index contributed by atoms with van der Waals surface area (Å²) in [5.41, 5.74) is 1.26. The van der Waals surface area contributed by atoms with E-state index in [-0.39, 0.29) is 18.4 Å². The van der Waals surface area contributed by atoms with Crippen molar-refractivity contribution >= 4 is 23.4 Å². The maximum absolute atomic E-state index is 11.8. The van der Waals surface area contributed by atoms with Gasteiger partial charge in [0.05, 0.1) is 7.11 Å². The fourth-order valence-corrected chi connectivity index (χ4v) is 2.07. The summed E-state index contributed by atoms with van der Waals surface area (Å²) in [7, 11) is 1.29. The number of aliphatic hydroxyl groups excluding tert-OH is 1. The fourth-order valence-electron chi connectivity index (χ4n) is 2.07. The number of nitrogens with one attached hydrogen (secondary N) is 1. The highest BCUT2D eigenvalue weighted by Gasteiger charge is 2.30. The highest BCUT2D eigenvalue weighted by Crippen LogP contribution is 2.26. The maximum atomic E-state index is 11.8. The Morgan fingerprint density at radius 1 is 1.58 bits per heavy atom. The molecule has 1 aliphatic rings. The summed E-state index contributed by atoms with van der Waals surface area (Å²) >= 11 is 0. The average molecular weight is 264 g/mol. The number of benzene rings is 1. The lowest BCUT2D eigenvalue weighted by atomic mass is 10.1. The normalized spacial score (nSPS) is 18.5. The Kier molecular flexibility index (Phi) is 4.01. The van der Waals surface area contributed by atoms with Gasteiger partial charge in [-0.1, -0.05) is 6.07 Å². The van der Waals surface area contributed by atoms with Gasteiger partial charge in [0.2, 0.25) is 5.91 Å². The van der Waals surface area contributed by atoms with Crippen LogP contribution in [0.1, 0.15) is 6.42 Å². The molecule has 0 aromatic heterocycles. The molecule has 2 amide bonds. The third kappa shape index (κ3) is 3.03. The number of ether oxygens (including phenoxy) is 1. The molecule has 1 fully saturated rings. The number of amides is 2. The Labute approximate surface area is 111 Å². The van der Waals surface area contributed by atoms with Gasteiger partial charge in [0.1, 0.15) is 0 Å². The zero-order valence-corrected chi connectivity index (χ0v) is 10.6. The van der Waals surface area contributed by atoms with E-state index in [0.29, 0.717) is 24.3 Å².